The fraction of sp³-hybridized carbons (Fsp3) is 0.222. The monoisotopic (exact) mass is 394 g/mol. The van der Waals surface area contributed by atoms with Gasteiger partial charge in [0.2, 0.25) is 0 Å². The van der Waals surface area contributed by atoms with E-state index in [0.29, 0.717) is 20.8 Å². The van der Waals surface area contributed by atoms with E-state index in [1.165, 1.54) is 6.07 Å². The first-order valence-corrected chi connectivity index (χ1v) is 8.95. The molecule has 128 valence electrons. The van der Waals surface area contributed by atoms with E-state index in [0.717, 1.165) is 17.5 Å². The van der Waals surface area contributed by atoms with Gasteiger partial charge in [-0.1, -0.05) is 53.0 Å². The van der Waals surface area contributed by atoms with Crippen LogP contribution in [0.1, 0.15) is 29.5 Å². The lowest BCUT2D eigenvalue weighted by atomic mass is 9.77. The number of nitrogens with zero attached hydrogens (tertiary/aromatic N) is 1. The molecule has 1 aliphatic heterocycles. The van der Waals surface area contributed by atoms with Crippen LogP contribution in [0, 0.1) is 16.0 Å². The summed E-state index contributed by atoms with van der Waals surface area (Å²) in [5.74, 6) is 0.316. The molecule has 2 aromatic carbocycles. The molecule has 0 bridgehead atoms. The highest BCUT2D eigenvalue weighted by Crippen LogP contribution is 2.53. The van der Waals surface area contributed by atoms with Gasteiger partial charge in [0.05, 0.1) is 21.0 Å². The van der Waals surface area contributed by atoms with Crippen molar-refractivity contribution in [3.8, 4) is 0 Å². The van der Waals surface area contributed by atoms with Crippen molar-refractivity contribution in [1.29, 1.82) is 0 Å². The van der Waals surface area contributed by atoms with E-state index in [1.807, 2.05) is 18.2 Å². The molecule has 1 aliphatic carbocycles. The van der Waals surface area contributed by atoms with Crippen LogP contribution < -0.4 is 5.32 Å². The van der Waals surface area contributed by atoms with Crippen LogP contribution in [0.4, 0.5) is 11.4 Å². The Balaban J connectivity index is 1.86. The molecule has 4 nitrogen and oxygen atoms in total. The number of nitro groups is 1. The second-order valence-corrected chi connectivity index (χ2v) is 7.55. The molecule has 0 radical (unpaired) electrons. The lowest BCUT2D eigenvalue weighted by molar-refractivity contribution is -0.384. The van der Waals surface area contributed by atoms with Crippen molar-refractivity contribution in [3.63, 3.8) is 0 Å². The zero-order chi connectivity index (χ0) is 17.7. The zero-order valence-corrected chi connectivity index (χ0v) is 15.1. The minimum atomic E-state index is -0.400. The van der Waals surface area contributed by atoms with E-state index < -0.39 is 4.92 Å². The lowest BCUT2D eigenvalue weighted by Crippen LogP contribution is -2.29. The molecule has 3 atom stereocenters. The molecule has 0 saturated heterocycles. The Bertz CT molecular complexity index is 913. The minimum Gasteiger partial charge on any atom is -0.372 e. The van der Waals surface area contributed by atoms with E-state index in [4.69, 9.17) is 34.8 Å². The molecular weight excluding hydrogens is 383 g/mol. The number of benzene rings is 2. The largest absolute Gasteiger partial charge is 0.372 e. The zero-order valence-electron chi connectivity index (χ0n) is 12.9. The summed E-state index contributed by atoms with van der Waals surface area (Å²) < 4.78 is 0. The van der Waals surface area contributed by atoms with Crippen LogP contribution in [-0.4, -0.2) is 4.92 Å². The van der Waals surface area contributed by atoms with Gasteiger partial charge in [0.15, 0.2) is 0 Å². The van der Waals surface area contributed by atoms with Crippen molar-refractivity contribution in [3.05, 3.63) is 78.8 Å². The van der Waals surface area contributed by atoms with Crippen molar-refractivity contribution in [1.82, 2.24) is 0 Å². The van der Waals surface area contributed by atoms with Crippen molar-refractivity contribution >= 4 is 46.2 Å². The fourth-order valence-electron chi connectivity index (χ4n) is 3.83. The van der Waals surface area contributed by atoms with Gasteiger partial charge in [0.1, 0.15) is 5.69 Å². The Labute approximate surface area is 159 Å². The summed E-state index contributed by atoms with van der Waals surface area (Å²) in [6.45, 7) is 0. The normalized spacial score (nSPS) is 23.7. The molecule has 1 heterocycles. The molecule has 0 spiro atoms. The topological polar surface area (TPSA) is 55.2 Å². The molecule has 2 aromatic rings. The number of hydrogen-bond acceptors (Lipinski definition) is 3. The molecule has 0 fully saturated rings. The number of rotatable bonds is 2. The fourth-order valence-corrected chi connectivity index (χ4v) is 4.35. The first kappa shape index (κ1) is 16.7. The highest BCUT2D eigenvalue weighted by atomic mass is 35.5. The number of anilines is 1. The Kier molecular flexibility index (Phi) is 4.14. The van der Waals surface area contributed by atoms with Crippen LogP contribution in [0.25, 0.3) is 0 Å². The summed E-state index contributed by atoms with van der Waals surface area (Å²) in [5, 5.41) is 16.2. The molecule has 0 amide bonds. The quantitative estimate of drug-likeness (QED) is 0.364. The second kappa shape index (κ2) is 6.20. The summed E-state index contributed by atoms with van der Waals surface area (Å²) >= 11 is 18.3. The number of hydrogen-bond donors (Lipinski definition) is 1. The summed E-state index contributed by atoms with van der Waals surface area (Å²) in [7, 11) is 0. The predicted octanol–water partition coefficient (Wildman–Crippen LogP) is 6.38. The van der Waals surface area contributed by atoms with Crippen molar-refractivity contribution in [2.45, 2.75) is 18.4 Å². The Hall–Kier alpha value is -1.75. The van der Waals surface area contributed by atoms with Gasteiger partial charge in [-0.3, -0.25) is 10.1 Å². The predicted molar refractivity (Wildman–Crippen MR) is 101 cm³/mol. The van der Waals surface area contributed by atoms with Crippen molar-refractivity contribution in [2.24, 2.45) is 5.92 Å². The van der Waals surface area contributed by atoms with Crippen LogP contribution in [0.3, 0.4) is 0 Å². The molecule has 1 N–H and O–H groups in total. The van der Waals surface area contributed by atoms with Crippen molar-refractivity contribution < 1.29 is 4.92 Å². The number of nitro benzene ring substituents is 1. The number of fused-ring (bicyclic) bond motifs is 3. The van der Waals surface area contributed by atoms with Crippen LogP contribution in [-0.2, 0) is 0 Å². The molecule has 0 unspecified atom stereocenters. The maximum absolute atomic E-state index is 11.5. The van der Waals surface area contributed by atoms with Crippen LogP contribution in [0.5, 0.6) is 0 Å². The second-order valence-electron chi connectivity index (χ2n) is 6.30. The van der Waals surface area contributed by atoms with Gasteiger partial charge in [-0.15, -0.1) is 0 Å². The van der Waals surface area contributed by atoms with E-state index in [1.54, 1.807) is 6.07 Å². The standard InChI is InChI=1S/C18H13Cl3N2O2/c19-10-7-13-11-2-1-3-12(11)17(9-4-5-14(20)15(21)6-9)22-18(13)16(8-10)23(24)25/h1-2,4-8,11-12,17,22H,3H2/t11-,12+,17+/m0/s1. The highest BCUT2D eigenvalue weighted by molar-refractivity contribution is 6.42. The first-order chi connectivity index (χ1) is 12.0. The number of nitrogens with one attached hydrogen (secondary N) is 1. The van der Waals surface area contributed by atoms with Gasteiger partial charge in [-0.2, -0.15) is 0 Å². The third-order valence-electron chi connectivity index (χ3n) is 4.91. The summed E-state index contributed by atoms with van der Waals surface area (Å²) in [6.07, 6.45) is 5.10. The van der Waals surface area contributed by atoms with Crippen LogP contribution >= 0.6 is 34.8 Å². The van der Waals surface area contributed by atoms with Gasteiger partial charge in [-0.25, -0.2) is 0 Å². The third-order valence-corrected chi connectivity index (χ3v) is 5.87. The SMILES string of the molecule is O=[N+]([O-])c1cc(Cl)cc2c1N[C@H](c1ccc(Cl)c(Cl)c1)[C@@H]1CC=C[C@H]21. The number of halogens is 3. The third kappa shape index (κ3) is 2.78. The van der Waals surface area contributed by atoms with E-state index >= 15 is 0 Å². The molecule has 4 rings (SSSR count). The Morgan fingerprint density at radius 2 is 1.92 bits per heavy atom. The Morgan fingerprint density at radius 3 is 2.64 bits per heavy atom. The highest BCUT2D eigenvalue weighted by Gasteiger charge is 2.41. The molecule has 0 aromatic heterocycles. The summed E-state index contributed by atoms with van der Waals surface area (Å²) in [5.41, 5.74) is 2.35. The first-order valence-electron chi connectivity index (χ1n) is 7.81. The van der Waals surface area contributed by atoms with Gasteiger partial charge >= 0.3 is 0 Å². The van der Waals surface area contributed by atoms with Crippen LogP contribution in [0.2, 0.25) is 15.1 Å². The molecule has 25 heavy (non-hydrogen) atoms. The maximum Gasteiger partial charge on any atom is 0.294 e. The smallest absolute Gasteiger partial charge is 0.294 e. The van der Waals surface area contributed by atoms with Gasteiger partial charge in [0.25, 0.3) is 5.69 Å². The van der Waals surface area contributed by atoms with Crippen molar-refractivity contribution in [2.75, 3.05) is 5.32 Å². The minimum absolute atomic E-state index is 0.00805. The molecule has 0 saturated carbocycles. The molecule has 7 heteroatoms. The average molecular weight is 396 g/mol. The van der Waals surface area contributed by atoms with E-state index in [9.17, 15) is 10.1 Å². The summed E-state index contributed by atoms with van der Waals surface area (Å²) in [4.78, 5) is 11.1. The van der Waals surface area contributed by atoms with Crippen LogP contribution in [0.15, 0.2) is 42.5 Å². The van der Waals surface area contributed by atoms with E-state index in [-0.39, 0.29) is 23.6 Å². The van der Waals surface area contributed by atoms with Gasteiger partial charge in [0, 0.05) is 17.0 Å². The summed E-state index contributed by atoms with van der Waals surface area (Å²) in [6, 6.07) is 8.59. The van der Waals surface area contributed by atoms with Gasteiger partial charge < -0.3 is 5.32 Å². The maximum atomic E-state index is 11.5. The average Bonchev–Trinajstić information content (AvgIpc) is 3.06. The lowest BCUT2D eigenvalue weighted by Gasteiger charge is -2.37. The van der Waals surface area contributed by atoms with Gasteiger partial charge in [-0.05, 0) is 41.7 Å². The molecular formula is C18H13Cl3N2O2. The Morgan fingerprint density at radius 1 is 1.12 bits per heavy atom. The van der Waals surface area contributed by atoms with E-state index in [2.05, 4.69) is 17.5 Å². The number of allylic oxidation sites excluding steroid dienone is 2. The molecule has 2 aliphatic rings.